The summed E-state index contributed by atoms with van der Waals surface area (Å²) in [5.41, 5.74) is 10.5. The Morgan fingerprint density at radius 2 is 1.70 bits per heavy atom. The van der Waals surface area contributed by atoms with Gasteiger partial charge in [0.05, 0.1) is 5.71 Å². The van der Waals surface area contributed by atoms with Crippen LogP contribution in [0.3, 0.4) is 0 Å². The smallest absolute Gasteiger partial charge is 0.251 e. The Morgan fingerprint density at radius 3 is 2.05 bits per heavy atom. The van der Waals surface area contributed by atoms with Gasteiger partial charge < -0.3 is 11.1 Å². The van der Waals surface area contributed by atoms with Crippen LogP contribution in [-0.4, -0.2) is 25.7 Å². The van der Waals surface area contributed by atoms with Crippen LogP contribution in [0.4, 0.5) is 0 Å². The second kappa shape index (κ2) is 6.70. The molecule has 0 unspecified atom stereocenters. The zero-order chi connectivity index (χ0) is 15.3. The number of hydrogen-bond acceptors (Lipinski definition) is 3. The molecule has 1 rings (SSSR count). The Labute approximate surface area is 120 Å². The summed E-state index contributed by atoms with van der Waals surface area (Å²) < 4.78 is 0. The number of hydrogen-bond donors (Lipinski definition) is 2. The Hall–Kier alpha value is -2.36. The summed E-state index contributed by atoms with van der Waals surface area (Å²) in [6.45, 7) is 7.74. The summed E-state index contributed by atoms with van der Waals surface area (Å²) in [6, 6.07) is 7.25. The van der Waals surface area contributed by atoms with Gasteiger partial charge in [0, 0.05) is 36.5 Å². The molecule has 1 aromatic carbocycles. The lowest BCUT2D eigenvalue weighted by Crippen LogP contribution is -2.18. The van der Waals surface area contributed by atoms with Crippen LogP contribution in [0, 0.1) is 0 Å². The number of aliphatic imine (C=N–C) groups is 1. The number of carbonyl (C=O) groups is 1. The third kappa shape index (κ3) is 3.35. The summed E-state index contributed by atoms with van der Waals surface area (Å²) in [7, 11) is 3.32. The molecule has 20 heavy (non-hydrogen) atoms. The molecular formula is C16H21N3O. The second-order valence-electron chi connectivity index (χ2n) is 4.63. The molecule has 0 saturated heterocycles. The van der Waals surface area contributed by atoms with Gasteiger partial charge in [-0.3, -0.25) is 9.79 Å². The van der Waals surface area contributed by atoms with Gasteiger partial charge >= 0.3 is 0 Å². The molecule has 0 aliphatic carbocycles. The molecule has 0 aliphatic heterocycles. The summed E-state index contributed by atoms with van der Waals surface area (Å²) >= 11 is 0. The Morgan fingerprint density at radius 1 is 1.20 bits per heavy atom. The van der Waals surface area contributed by atoms with Crippen molar-refractivity contribution >= 4 is 11.6 Å². The molecule has 0 heterocycles. The van der Waals surface area contributed by atoms with Crippen LogP contribution in [0.25, 0.3) is 0 Å². The molecule has 0 bridgehead atoms. The number of rotatable bonds is 4. The van der Waals surface area contributed by atoms with Crippen LogP contribution in [0.1, 0.15) is 29.8 Å². The molecule has 106 valence electrons. The minimum atomic E-state index is -0.114. The fourth-order valence-electron chi connectivity index (χ4n) is 2.02. The first-order valence-corrected chi connectivity index (χ1v) is 6.34. The van der Waals surface area contributed by atoms with Crippen LogP contribution < -0.4 is 11.1 Å². The van der Waals surface area contributed by atoms with Crippen molar-refractivity contribution in [1.82, 2.24) is 5.32 Å². The van der Waals surface area contributed by atoms with Crippen LogP contribution in [0.2, 0.25) is 0 Å². The van der Waals surface area contributed by atoms with E-state index in [1.165, 1.54) is 0 Å². The van der Waals surface area contributed by atoms with Gasteiger partial charge in [-0.1, -0.05) is 24.3 Å². The summed E-state index contributed by atoms with van der Waals surface area (Å²) in [6.07, 6.45) is 0. The van der Waals surface area contributed by atoms with Crippen molar-refractivity contribution in [2.45, 2.75) is 13.8 Å². The van der Waals surface area contributed by atoms with E-state index in [2.05, 4.69) is 16.9 Å². The van der Waals surface area contributed by atoms with Gasteiger partial charge in [-0.05, 0) is 26.0 Å². The molecule has 0 aliphatic rings. The highest BCUT2D eigenvalue weighted by Gasteiger charge is 2.13. The van der Waals surface area contributed by atoms with Crippen molar-refractivity contribution in [1.29, 1.82) is 0 Å². The lowest BCUT2D eigenvalue weighted by molar-refractivity contribution is 0.0963. The number of nitrogens with two attached hydrogens (primary N) is 1. The molecule has 1 aromatic rings. The largest absolute Gasteiger partial charge is 0.399 e. The number of carbonyl (C=O) groups excluding carboxylic acids is 1. The first-order chi connectivity index (χ1) is 9.42. The number of nitrogens with zero attached hydrogens (tertiary/aromatic N) is 1. The van der Waals surface area contributed by atoms with Gasteiger partial charge in [0.1, 0.15) is 0 Å². The van der Waals surface area contributed by atoms with Gasteiger partial charge in [-0.2, -0.15) is 0 Å². The molecule has 3 N–H and O–H groups in total. The number of amides is 1. The van der Waals surface area contributed by atoms with E-state index in [0.29, 0.717) is 11.3 Å². The van der Waals surface area contributed by atoms with E-state index in [1.807, 2.05) is 26.0 Å². The van der Waals surface area contributed by atoms with E-state index in [4.69, 9.17) is 5.73 Å². The van der Waals surface area contributed by atoms with Gasteiger partial charge in [0.2, 0.25) is 0 Å². The molecule has 0 aromatic heterocycles. The predicted octanol–water partition coefficient (Wildman–Crippen LogP) is 2.27. The quantitative estimate of drug-likeness (QED) is 0.651. The number of benzene rings is 1. The summed E-state index contributed by atoms with van der Waals surface area (Å²) in [5.74, 6) is -0.114. The SMILES string of the molecule is C=C(N)C(C(=NC)c1ccc(C(=O)NC)cc1)=C(C)C. The zero-order valence-corrected chi connectivity index (χ0v) is 12.4. The molecule has 0 radical (unpaired) electrons. The lowest BCUT2D eigenvalue weighted by atomic mass is 9.96. The van der Waals surface area contributed by atoms with Crippen molar-refractivity contribution in [3.8, 4) is 0 Å². The van der Waals surface area contributed by atoms with Gasteiger partial charge in [0.25, 0.3) is 5.91 Å². The summed E-state index contributed by atoms with van der Waals surface area (Å²) in [5, 5.41) is 2.59. The van der Waals surface area contributed by atoms with Crippen molar-refractivity contribution in [3.05, 3.63) is 58.8 Å². The maximum Gasteiger partial charge on any atom is 0.251 e. The molecule has 0 spiro atoms. The van der Waals surface area contributed by atoms with Crippen molar-refractivity contribution in [3.63, 3.8) is 0 Å². The highest BCUT2D eigenvalue weighted by atomic mass is 16.1. The number of allylic oxidation sites excluding steroid dienone is 2. The van der Waals surface area contributed by atoms with E-state index < -0.39 is 0 Å². The van der Waals surface area contributed by atoms with Crippen LogP contribution >= 0.6 is 0 Å². The zero-order valence-electron chi connectivity index (χ0n) is 12.4. The van der Waals surface area contributed by atoms with E-state index in [-0.39, 0.29) is 5.91 Å². The Bertz CT molecular complexity index is 576. The van der Waals surface area contributed by atoms with E-state index in [0.717, 1.165) is 22.4 Å². The number of nitrogens with one attached hydrogen (secondary N) is 1. The highest BCUT2D eigenvalue weighted by Crippen LogP contribution is 2.18. The van der Waals surface area contributed by atoms with Crippen LogP contribution in [0.15, 0.2) is 52.7 Å². The Kier molecular flexibility index (Phi) is 5.26. The summed E-state index contributed by atoms with van der Waals surface area (Å²) in [4.78, 5) is 15.8. The minimum Gasteiger partial charge on any atom is -0.399 e. The fourth-order valence-corrected chi connectivity index (χ4v) is 2.02. The Balaban J connectivity index is 3.25. The minimum absolute atomic E-state index is 0.114. The third-order valence-electron chi connectivity index (χ3n) is 2.93. The van der Waals surface area contributed by atoms with Gasteiger partial charge in [-0.25, -0.2) is 0 Å². The fraction of sp³-hybridized carbons (Fsp3) is 0.250. The topological polar surface area (TPSA) is 67.5 Å². The highest BCUT2D eigenvalue weighted by molar-refractivity contribution is 6.15. The molecule has 0 atom stereocenters. The molecule has 1 amide bonds. The maximum atomic E-state index is 11.5. The van der Waals surface area contributed by atoms with Crippen LogP contribution in [-0.2, 0) is 0 Å². The van der Waals surface area contributed by atoms with Gasteiger partial charge in [0.15, 0.2) is 0 Å². The maximum absolute atomic E-state index is 11.5. The third-order valence-corrected chi connectivity index (χ3v) is 2.93. The molecule has 0 saturated carbocycles. The standard InChI is InChI=1S/C16H21N3O/c1-10(2)14(11(3)17)15(18-4)12-6-8-13(9-7-12)16(20)19-5/h6-9H,3,17H2,1-2,4-5H3,(H,19,20). The van der Waals surface area contributed by atoms with Crippen molar-refractivity contribution in [2.24, 2.45) is 10.7 Å². The first-order valence-electron chi connectivity index (χ1n) is 6.34. The van der Waals surface area contributed by atoms with Gasteiger partial charge in [-0.15, -0.1) is 0 Å². The van der Waals surface area contributed by atoms with Crippen molar-refractivity contribution in [2.75, 3.05) is 14.1 Å². The van der Waals surface area contributed by atoms with E-state index >= 15 is 0 Å². The normalized spacial score (nSPS) is 10.9. The van der Waals surface area contributed by atoms with E-state index in [1.54, 1.807) is 26.2 Å². The van der Waals surface area contributed by atoms with E-state index in [9.17, 15) is 4.79 Å². The lowest BCUT2D eigenvalue weighted by Gasteiger charge is -2.13. The molecule has 0 fully saturated rings. The predicted molar refractivity (Wildman–Crippen MR) is 84.0 cm³/mol. The second-order valence-corrected chi connectivity index (χ2v) is 4.63. The first kappa shape index (κ1) is 15.7. The molecular weight excluding hydrogens is 250 g/mol. The monoisotopic (exact) mass is 271 g/mol. The average molecular weight is 271 g/mol. The van der Waals surface area contributed by atoms with Crippen molar-refractivity contribution < 1.29 is 4.79 Å². The molecule has 4 heteroatoms. The molecule has 4 nitrogen and oxygen atoms in total. The van der Waals surface area contributed by atoms with Crippen LogP contribution in [0.5, 0.6) is 0 Å². The average Bonchev–Trinajstić information content (AvgIpc) is 2.43.